The average molecular weight is 148 g/mol. The summed E-state index contributed by atoms with van der Waals surface area (Å²) in [4.78, 5) is 0. The lowest BCUT2D eigenvalue weighted by molar-refractivity contribution is 1.11. The van der Waals surface area contributed by atoms with Crippen LogP contribution in [0.15, 0.2) is 12.2 Å². The van der Waals surface area contributed by atoms with Gasteiger partial charge in [-0.2, -0.15) is 0 Å². The maximum Gasteiger partial charge on any atom is 0.0344 e. The Labute approximate surface area is 58.9 Å². The SMILES string of the molecule is CCC=CC[SiH](C)C.F. The van der Waals surface area contributed by atoms with Gasteiger partial charge in [-0.25, -0.2) is 0 Å². The fraction of sp³-hybridized carbons (Fsp3) is 0.714. The summed E-state index contributed by atoms with van der Waals surface area (Å²) in [5.41, 5.74) is 0. The van der Waals surface area contributed by atoms with E-state index in [1.54, 1.807) is 0 Å². The van der Waals surface area contributed by atoms with Crippen molar-refractivity contribution in [3.8, 4) is 0 Å². The molecule has 0 aliphatic carbocycles. The molecule has 0 heterocycles. The summed E-state index contributed by atoms with van der Waals surface area (Å²) in [6, 6.07) is 1.37. The van der Waals surface area contributed by atoms with Crippen molar-refractivity contribution >= 4 is 8.80 Å². The molecule has 0 aliphatic rings. The molecule has 0 bridgehead atoms. The van der Waals surface area contributed by atoms with Crippen LogP contribution < -0.4 is 0 Å². The summed E-state index contributed by atoms with van der Waals surface area (Å²) < 4.78 is 0. The molecule has 0 fully saturated rings. The lowest BCUT2D eigenvalue weighted by Crippen LogP contribution is -1.94. The standard InChI is InChI=1S/C7H16Si.FH/c1-4-5-6-7-8(2)3;/h5-6,8H,4,7H2,1-3H3;1H. The van der Waals surface area contributed by atoms with Crippen molar-refractivity contribution in [1.82, 2.24) is 0 Å². The normalized spacial score (nSPS) is 10.2. The third kappa shape index (κ3) is 11.4. The summed E-state index contributed by atoms with van der Waals surface area (Å²) in [7, 11) is -0.289. The zero-order chi connectivity index (χ0) is 6.41. The van der Waals surface area contributed by atoms with Gasteiger partial charge in [0.05, 0.1) is 0 Å². The maximum atomic E-state index is 2.38. The summed E-state index contributed by atoms with van der Waals surface area (Å²) in [5.74, 6) is 0. The van der Waals surface area contributed by atoms with E-state index in [1.165, 1.54) is 12.5 Å². The topological polar surface area (TPSA) is 0 Å². The Hall–Kier alpha value is -0.113. The first-order valence-electron chi connectivity index (χ1n) is 3.42. The molecule has 0 N–H and O–H groups in total. The summed E-state index contributed by atoms with van der Waals surface area (Å²) in [6.07, 6.45) is 5.77. The molecule has 0 rings (SSSR count). The number of hydrogen-bond acceptors (Lipinski definition) is 0. The monoisotopic (exact) mass is 148 g/mol. The van der Waals surface area contributed by atoms with Crippen LogP contribution in [0.5, 0.6) is 0 Å². The fourth-order valence-corrected chi connectivity index (χ4v) is 1.27. The van der Waals surface area contributed by atoms with Gasteiger partial charge in [0.1, 0.15) is 0 Å². The van der Waals surface area contributed by atoms with Gasteiger partial charge in [0.15, 0.2) is 0 Å². The van der Waals surface area contributed by atoms with Crippen molar-refractivity contribution in [2.45, 2.75) is 32.5 Å². The molecule has 9 heavy (non-hydrogen) atoms. The Balaban J connectivity index is 0. The molecule has 0 nitrogen and oxygen atoms in total. The average Bonchev–Trinajstić information content (AvgIpc) is 1.66. The summed E-state index contributed by atoms with van der Waals surface area (Å²) in [5, 5.41) is 0. The van der Waals surface area contributed by atoms with Gasteiger partial charge in [-0.1, -0.05) is 32.2 Å². The molecule has 0 aromatic heterocycles. The van der Waals surface area contributed by atoms with E-state index >= 15 is 0 Å². The van der Waals surface area contributed by atoms with Crippen LogP contribution in [-0.2, 0) is 0 Å². The molecule has 0 spiro atoms. The largest absolute Gasteiger partial charge is 0.269 e. The minimum atomic E-state index is -0.289. The molecule has 0 saturated carbocycles. The lowest BCUT2D eigenvalue weighted by atomic mass is 10.4. The maximum absolute atomic E-state index is 2.38. The first kappa shape index (κ1) is 11.7. The predicted octanol–water partition coefficient (Wildman–Crippen LogP) is 2.59. The van der Waals surface area contributed by atoms with Crippen LogP contribution in [0.3, 0.4) is 0 Å². The van der Waals surface area contributed by atoms with Gasteiger partial charge >= 0.3 is 0 Å². The van der Waals surface area contributed by atoms with E-state index in [0.717, 1.165) is 0 Å². The van der Waals surface area contributed by atoms with E-state index in [-0.39, 0.29) is 13.5 Å². The fourth-order valence-electron chi connectivity index (χ4n) is 0.535. The second kappa shape index (κ2) is 7.89. The molecule has 0 aromatic carbocycles. The molecule has 0 amide bonds. The number of allylic oxidation sites excluding steroid dienone is 2. The molecule has 0 aliphatic heterocycles. The van der Waals surface area contributed by atoms with E-state index in [4.69, 9.17) is 0 Å². The van der Waals surface area contributed by atoms with Gasteiger partial charge < -0.3 is 0 Å². The van der Waals surface area contributed by atoms with E-state index < -0.39 is 0 Å². The molecule has 0 aromatic rings. The van der Waals surface area contributed by atoms with Gasteiger partial charge in [-0.15, -0.1) is 0 Å². The minimum absolute atomic E-state index is 0. The van der Waals surface area contributed by atoms with Crippen LogP contribution in [0.1, 0.15) is 13.3 Å². The highest BCUT2D eigenvalue weighted by Gasteiger charge is 1.87. The van der Waals surface area contributed by atoms with Gasteiger partial charge in [0.2, 0.25) is 0 Å². The molecular weight excluding hydrogens is 131 g/mol. The van der Waals surface area contributed by atoms with Crippen molar-refractivity contribution < 1.29 is 4.70 Å². The van der Waals surface area contributed by atoms with Crippen LogP contribution in [0.25, 0.3) is 0 Å². The van der Waals surface area contributed by atoms with Crippen molar-refractivity contribution in [2.75, 3.05) is 0 Å². The molecule has 0 saturated heterocycles. The van der Waals surface area contributed by atoms with Crippen molar-refractivity contribution in [3.63, 3.8) is 0 Å². The number of rotatable bonds is 3. The minimum Gasteiger partial charge on any atom is -0.269 e. The predicted molar refractivity (Wildman–Crippen MR) is 45.6 cm³/mol. The highest BCUT2D eigenvalue weighted by molar-refractivity contribution is 6.56. The van der Waals surface area contributed by atoms with E-state index in [0.29, 0.717) is 0 Å². The smallest absolute Gasteiger partial charge is 0.0344 e. The molecule has 56 valence electrons. The summed E-state index contributed by atoms with van der Waals surface area (Å²) >= 11 is 0. The second-order valence-corrected chi connectivity index (χ2v) is 5.77. The van der Waals surface area contributed by atoms with Crippen LogP contribution >= 0.6 is 0 Å². The van der Waals surface area contributed by atoms with Crippen LogP contribution in [-0.4, -0.2) is 8.80 Å². The van der Waals surface area contributed by atoms with Crippen LogP contribution in [0.4, 0.5) is 4.70 Å². The Morgan fingerprint density at radius 2 is 1.78 bits per heavy atom. The van der Waals surface area contributed by atoms with Crippen molar-refractivity contribution in [2.24, 2.45) is 0 Å². The van der Waals surface area contributed by atoms with E-state index in [9.17, 15) is 0 Å². The van der Waals surface area contributed by atoms with Gasteiger partial charge in [0.25, 0.3) is 0 Å². The molecule has 0 unspecified atom stereocenters. The third-order valence-electron chi connectivity index (χ3n) is 1.01. The zero-order valence-electron chi connectivity index (χ0n) is 6.55. The van der Waals surface area contributed by atoms with Gasteiger partial charge in [-0.05, 0) is 12.5 Å². The van der Waals surface area contributed by atoms with E-state index in [1.807, 2.05) is 0 Å². The number of halogens is 1. The quantitative estimate of drug-likeness (QED) is 0.426. The summed E-state index contributed by atoms with van der Waals surface area (Å²) in [6.45, 7) is 6.93. The molecule has 2 heteroatoms. The molecule has 0 radical (unpaired) electrons. The van der Waals surface area contributed by atoms with Crippen LogP contribution in [0, 0.1) is 0 Å². The van der Waals surface area contributed by atoms with Crippen molar-refractivity contribution in [1.29, 1.82) is 0 Å². The zero-order valence-corrected chi connectivity index (χ0v) is 7.71. The highest BCUT2D eigenvalue weighted by Crippen LogP contribution is 1.92. The Bertz CT molecular complexity index is 69.3. The second-order valence-electron chi connectivity index (χ2n) is 2.51. The van der Waals surface area contributed by atoms with Gasteiger partial charge in [-0.3, -0.25) is 4.70 Å². The van der Waals surface area contributed by atoms with Crippen LogP contribution in [0.2, 0.25) is 19.1 Å². The Morgan fingerprint density at radius 3 is 2.11 bits per heavy atom. The Morgan fingerprint density at radius 1 is 1.22 bits per heavy atom. The number of hydrogen-bond donors (Lipinski definition) is 0. The third-order valence-corrected chi connectivity index (χ3v) is 2.22. The van der Waals surface area contributed by atoms with E-state index in [2.05, 4.69) is 32.2 Å². The van der Waals surface area contributed by atoms with Crippen molar-refractivity contribution in [3.05, 3.63) is 12.2 Å². The lowest BCUT2D eigenvalue weighted by Gasteiger charge is -1.92. The molecule has 0 atom stereocenters. The highest BCUT2D eigenvalue weighted by atomic mass is 28.3. The van der Waals surface area contributed by atoms with Gasteiger partial charge in [0, 0.05) is 8.80 Å². The Kier molecular flexibility index (Phi) is 10.2. The first-order valence-corrected chi connectivity index (χ1v) is 6.55. The first-order chi connectivity index (χ1) is 3.77. The molecular formula is C7H17FSi.